The molecule has 114 valence electrons. The maximum Gasteiger partial charge on any atom is 0.221 e. The van der Waals surface area contributed by atoms with Crippen molar-refractivity contribution in [2.75, 3.05) is 24.5 Å². The first kappa shape index (κ1) is 14.4. The van der Waals surface area contributed by atoms with Crippen LogP contribution in [0.4, 0.5) is 5.69 Å². The van der Waals surface area contributed by atoms with Crippen molar-refractivity contribution in [1.29, 1.82) is 0 Å². The van der Waals surface area contributed by atoms with Gasteiger partial charge in [-0.2, -0.15) is 0 Å². The number of rotatable bonds is 4. The molecule has 2 saturated heterocycles. The van der Waals surface area contributed by atoms with Gasteiger partial charge < -0.3 is 15.5 Å². The zero-order valence-electron chi connectivity index (χ0n) is 12.6. The molecule has 0 saturated carbocycles. The van der Waals surface area contributed by atoms with Crippen LogP contribution in [0, 0.1) is 0 Å². The Morgan fingerprint density at radius 2 is 1.95 bits per heavy atom. The standard InChI is InChI=1S/C17H25N3O/c21-17(13-15-5-4-10-18-15)19-14-8-11-20(12-9-14)16-6-2-1-3-7-16/h1-3,6-7,14-15,18H,4-5,8-13H2,(H,19,21). The molecule has 2 aliphatic heterocycles. The number of carbonyl (C=O) groups is 1. The topological polar surface area (TPSA) is 44.4 Å². The molecule has 0 radical (unpaired) electrons. The van der Waals surface area contributed by atoms with E-state index in [0.29, 0.717) is 18.5 Å². The number of nitrogens with zero attached hydrogens (tertiary/aromatic N) is 1. The Bertz CT molecular complexity index is 448. The Kier molecular flexibility index (Phi) is 4.76. The molecule has 1 atom stereocenters. The first-order valence-electron chi connectivity index (χ1n) is 8.14. The van der Waals surface area contributed by atoms with Crippen LogP contribution in [0.15, 0.2) is 30.3 Å². The molecule has 0 aliphatic carbocycles. The van der Waals surface area contributed by atoms with Gasteiger partial charge in [0.15, 0.2) is 0 Å². The quantitative estimate of drug-likeness (QED) is 0.889. The lowest BCUT2D eigenvalue weighted by molar-refractivity contribution is -0.122. The van der Waals surface area contributed by atoms with Crippen LogP contribution in [-0.2, 0) is 4.79 Å². The molecule has 0 aromatic heterocycles. The second kappa shape index (κ2) is 6.94. The number of hydrogen-bond donors (Lipinski definition) is 2. The second-order valence-corrected chi connectivity index (χ2v) is 6.16. The summed E-state index contributed by atoms with van der Waals surface area (Å²) in [6.45, 7) is 3.11. The Balaban J connectivity index is 1.42. The summed E-state index contributed by atoms with van der Waals surface area (Å²) in [7, 11) is 0. The minimum absolute atomic E-state index is 0.215. The molecular formula is C17H25N3O. The summed E-state index contributed by atoms with van der Waals surface area (Å²) in [5.41, 5.74) is 1.29. The van der Waals surface area contributed by atoms with Gasteiger partial charge in [0, 0.05) is 37.3 Å². The summed E-state index contributed by atoms with van der Waals surface area (Å²) in [5, 5.41) is 6.60. The number of anilines is 1. The Hall–Kier alpha value is -1.55. The van der Waals surface area contributed by atoms with Crippen LogP contribution in [0.3, 0.4) is 0 Å². The predicted octanol–water partition coefficient (Wildman–Crippen LogP) is 1.91. The number of para-hydroxylation sites is 1. The van der Waals surface area contributed by atoms with Crippen LogP contribution in [0.25, 0.3) is 0 Å². The van der Waals surface area contributed by atoms with Crippen LogP contribution < -0.4 is 15.5 Å². The van der Waals surface area contributed by atoms with E-state index in [1.54, 1.807) is 0 Å². The molecule has 0 bridgehead atoms. The van der Waals surface area contributed by atoms with Crippen LogP contribution in [0.5, 0.6) is 0 Å². The molecule has 0 spiro atoms. The van der Waals surface area contributed by atoms with Crippen molar-refractivity contribution < 1.29 is 4.79 Å². The Labute approximate surface area is 126 Å². The molecule has 2 N–H and O–H groups in total. The van der Waals surface area contributed by atoms with Crippen molar-refractivity contribution in [1.82, 2.24) is 10.6 Å². The number of nitrogens with one attached hydrogen (secondary N) is 2. The van der Waals surface area contributed by atoms with Crippen LogP contribution in [0.2, 0.25) is 0 Å². The number of piperidine rings is 1. The second-order valence-electron chi connectivity index (χ2n) is 6.16. The number of carbonyl (C=O) groups excluding carboxylic acids is 1. The summed E-state index contributed by atoms with van der Waals surface area (Å²) in [6.07, 6.45) is 5.06. The molecule has 1 unspecified atom stereocenters. The van der Waals surface area contributed by atoms with E-state index in [0.717, 1.165) is 38.9 Å². The zero-order valence-corrected chi connectivity index (χ0v) is 12.6. The fourth-order valence-electron chi connectivity index (χ4n) is 3.36. The smallest absolute Gasteiger partial charge is 0.221 e. The highest BCUT2D eigenvalue weighted by molar-refractivity contribution is 5.77. The molecule has 4 nitrogen and oxygen atoms in total. The third-order valence-corrected chi connectivity index (χ3v) is 4.58. The average molecular weight is 287 g/mol. The molecule has 2 fully saturated rings. The average Bonchev–Trinajstić information content (AvgIpc) is 3.02. The van der Waals surface area contributed by atoms with E-state index in [-0.39, 0.29) is 5.91 Å². The number of benzene rings is 1. The molecular weight excluding hydrogens is 262 g/mol. The maximum atomic E-state index is 12.1. The van der Waals surface area contributed by atoms with E-state index in [1.165, 1.54) is 12.1 Å². The lowest BCUT2D eigenvalue weighted by Gasteiger charge is -2.34. The highest BCUT2D eigenvalue weighted by atomic mass is 16.1. The normalized spacial score (nSPS) is 23.2. The predicted molar refractivity (Wildman–Crippen MR) is 85.5 cm³/mol. The highest BCUT2D eigenvalue weighted by Gasteiger charge is 2.23. The molecule has 2 heterocycles. The van der Waals surface area contributed by atoms with E-state index in [9.17, 15) is 4.79 Å². The van der Waals surface area contributed by atoms with E-state index >= 15 is 0 Å². The van der Waals surface area contributed by atoms with Gasteiger partial charge in [0.05, 0.1) is 0 Å². The van der Waals surface area contributed by atoms with E-state index in [1.807, 2.05) is 6.07 Å². The van der Waals surface area contributed by atoms with E-state index in [4.69, 9.17) is 0 Å². The van der Waals surface area contributed by atoms with Gasteiger partial charge in [0.25, 0.3) is 0 Å². The van der Waals surface area contributed by atoms with Crippen molar-refractivity contribution in [3.63, 3.8) is 0 Å². The molecule has 1 aromatic carbocycles. The fraction of sp³-hybridized carbons (Fsp3) is 0.588. The van der Waals surface area contributed by atoms with E-state index in [2.05, 4.69) is 39.8 Å². The van der Waals surface area contributed by atoms with Gasteiger partial charge in [0.1, 0.15) is 0 Å². The molecule has 4 heteroatoms. The summed E-state index contributed by atoms with van der Waals surface area (Å²) in [6, 6.07) is 11.3. The summed E-state index contributed by atoms with van der Waals surface area (Å²) < 4.78 is 0. The molecule has 2 aliphatic rings. The van der Waals surface area contributed by atoms with Crippen LogP contribution in [-0.4, -0.2) is 37.6 Å². The van der Waals surface area contributed by atoms with Crippen molar-refractivity contribution >= 4 is 11.6 Å². The SMILES string of the molecule is O=C(CC1CCCN1)NC1CCN(c2ccccc2)CC1. The summed E-state index contributed by atoms with van der Waals surface area (Å²) >= 11 is 0. The van der Waals surface area contributed by atoms with E-state index < -0.39 is 0 Å². The minimum atomic E-state index is 0.215. The van der Waals surface area contributed by atoms with Crippen molar-refractivity contribution in [3.8, 4) is 0 Å². The zero-order chi connectivity index (χ0) is 14.5. The van der Waals surface area contributed by atoms with Crippen molar-refractivity contribution in [3.05, 3.63) is 30.3 Å². The first-order chi connectivity index (χ1) is 10.3. The monoisotopic (exact) mass is 287 g/mol. The Morgan fingerprint density at radius 3 is 2.62 bits per heavy atom. The van der Waals surface area contributed by atoms with Gasteiger partial charge in [-0.3, -0.25) is 4.79 Å². The minimum Gasteiger partial charge on any atom is -0.371 e. The lowest BCUT2D eigenvalue weighted by Crippen LogP contribution is -2.45. The third kappa shape index (κ3) is 3.97. The summed E-state index contributed by atoms with van der Waals surface area (Å²) in [5.74, 6) is 0.215. The number of amides is 1. The summed E-state index contributed by atoms with van der Waals surface area (Å²) in [4.78, 5) is 14.5. The Morgan fingerprint density at radius 1 is 1.19 bits per heavy atom. The fourth-order valence-corrected chi connectivity index (χ4v) is 3.36. The molecule has 3 rings (SSSR count). The third-order valence-electron chi connectivity index (χ3n) is 4.58. The van der Waals surface area contributed by atoms with Gasteiger partial charge in [0.2, 0.25) is 5.91 Å². The van der Waals surface area contributed by atoms with Crippen molar-refractivity contribution in [2.24, 2.45) is 0 Å². The van der Waals surface area contributed by atoms with Crippen molar-refractivity contribution in [2.45, 2.75) is 44.2 Å². The number of hydrogen-bond acceptors (Lipinski definition) is 3. The van der Waals surface area contributed by atoms with Gasteiger partial charge in [-0.1, -0.05) is 18.2 Å². The lowest BCUT2D eigenvalue weighted by atomic mass is 10.0. The maximum absolute atomic E-state index is 12.1. The largest absolute Gasteiger partial charge is 0.371 e. The van der Waals surface area contributed by atoms with Gasteiger partial charge in [-0.15, -0.1) is 0 Å². The molecule has 1 aromatic rings. The molecule has 1 amide bonds. The van der Waals surface area contributed by atoms with Gasteiger partial charge in [-0.25, -0.2) is 0 Å². The van der Waals surface area contributed by atoms with Crippen LogP contribution in [0.1, 0.15) is 32.1 Å². The van der Waals surface area contributed by atoms with Crippen LogP contribution >= 0.6 is 0 Å². The first-order valence-corrected chi connectivity index (χ1v) is 8.14. The molecule has 21 heavy (non-hydrogen) atoms. The van der Waals surface area contributed by atoms with Gasteiger partial charge >= 0.3 is 0 Å². The van der Waals surface area contributed by atoms with Gasteiger partial charge in [-0.05, 0) is 44.4 Å². The highest BCUT2D eigenvalue weighted by Crippen LogP contribution is 2.19.